The number of rotatable bonds is 14. The number of hydrogen-bond donors (Lipinski definition) is 4. The van der Waals surface area contributed by atoms with Crippen LogP contribution in [0.15, 0.2) is 23.3 Å². The second-order valence-corrected chi connectivity index (χ2v) is 14.2. The summed E-state index contributed by atoms with van der Waals surface area (Å²) in [6, 6.07) is 0. The van der Waals surface area contributed by atoms with Crippen molar-refractivity contribution in [2.24, 2.45) is 29.1 Å². The summed E-state index contributed by atoms with van der Waals surface area (Å²) in [6.45, 7) is 9.07. The molecule has 4 aliphatic rings. The topological polar surface area (TPSA) is 124 Å². The maximum absolute atomic E-state index is 13.2. The minimum Gasteiger partial charge on any atom is -0.459 e. The molecule has 0 heterocycles. The van der Waals surface area contributed by atoms with E-state index in [0.717, 1.165) is 19.3 Å². The van der Waals surface area contributed by atoms with Gasteiger partial charge in [0.25, 0.3) is 0 Å². The number of hydrogen-bond acceptors (Lipinski definition) is 7. The highest BCUT2D eigenvalue weighted by Gasteiger charge is 2.85. The van der Waals surface area contributed by atoms with E-state index in [2.05, 4.69) is 6.92 Å². The fraction of sp³-hybridized carbons (Fsp3) is 0.824. The van der Waals surface area contributed by atoms with Crippen LogP contribution < -0.4 is 0 Å². The van der Waals surface area contributed by atoms with Gasteiger partial charge in [0.15, 0.2) is 5.78 Å². The van der Waals surface area contributed by atoms with Gasteiger partial charge in [-0.25, -0.2) is 0 Å². The molecule has 7 nitrogen and oxygen atoms in total. The molecule has 4 N–H and O–H groups in total. The highest BCUT2D eigenvalue weighted by atomic mass is 16.6. The SMILES string of the molecule is CCCCCCCCCCCCCC(=O)O[C@@H]1[C@@H](C)[C@@]2(O)[C@@H](C=C(CO)C[C@@]3(O)C(=O)C(C)=C[C@@H]23)[C@@H]2C(C)(C)[C@]12O. The molecule has 0 amide bonds. The van der Waals surface area contributed by atoms with Crippen LogP contribution in [0.2, 0.25) is 0 Å². The molecular formula is C34H54O7. The minimum atomic E-state index is -1.89. The van der Waals surface area contributed by atoms with Gasteiger partial charge < -0.3 is 25.2 Å². The quantitative estimate of drug-likeness (QED) is 0.128. The predicted octanol–water partition coefficient (Wildman–Crippen LogP) is 5.18. The number of carbonyl (C=O) groups excluding carboxylic acids is 2. The third-order valence-electron chi connectivity index (χ3n) is 11.2. The van der Waals surface area contributed by atoms with Crippen molar-refractivity contribution >= 4 is 11.8 Å². The number of ketones is 1. The molecule has 0 aromatic rings. The lowest BCUT2D eigenvalue weighted by molar-refractivity contribution is -0.221. The summed E-state index contributed by atoms with van der Waals surface area (Å²) in [7, 11) is 0. The highest BCUT2D eigenvalue weighted by molar-refractivity contribution is 6.04. The van der Waals surface area contributed by atoms with Gasteiger partial charge in [-0.05, 0) is 24.5 Å². The summed E-state index contributed by atoms with van der Waals surface area (Å²) in [5, 5.41) is 46.3. The highest BCUT2D eigenvalue weighted by Crippen LogP contribution is 2.75. The molecule has 8 atom stereocenters. The molecule has 0 aromatic carbocycles. The van der Waals surface area contributed by atoms with Crippen LogP contribution in [0, 0.1) is 29.1 Å². The van der Waals surface area contributed by atoms with E-state index >= 15 is 0 Å². The predicted molar refractivity (Wildman–Crippen MR) is 158 cm³/mol. The smallest absolute Gasteiger partial charge is 0.306 e. The van der Waals surface area contributed by atoms with E-state index in [-0.39, 0.29) is 25.4 Å². The Kier molecular flexibility index (Phi) is 9.65. The van der Waals surface area contributed by atoms with Gasteiger partial charge in [0.2, 0.25) is 0 Å². The second kappa shape index (κ2) is 12.2. The van der Waals surface area contributed by atoms with Gasteiger partial charge in [0.1, 0.15) is 17.3 Å². The number of aliphatic hydroxyl groups excluding tert-OH is 1. The van der Waals surface area contributed by atoms with E-state index in [1.807, 2.05) is 13.8 Å². The van der Waals surface area contributed by atoms with Gasteiger partial charge in [-0.1, -0.05) is 104 Å². The van der Waals surface area contributed by atoms with E-state index in [0.29, 0.717) is 11.1 Å². The number of Topliss-reactive ketones (excluding diaryl/α,β-unsaturated/α-hetero) is 1. The van der Waals surface area contributed by atoms with E-state index in [9.17, 15) is 30.0 Å². The number of unbranched alkanes of at least 4 members (excludes halogenated alkanes) is 10. The Morgan fingerprint density at radius 1 is 0.951 bits per heavy atom. The Morgan fingerprint density at radius 3 is 2.07 bits per heavy atom. The monoisotopic (exact) mass is 574 g/mol. The normalized spacial score (nSPS) is 38.8. The van der Waals surface area contributed by atoms with Crippen LogP contribution in [0.25, 0.3) is 0 Å². The number of aliphatic hydroxyl groups is 4. The Morgan fingerprint density at radius 2 is 1.51 bits per heavy atom. The van der Waals surface area contributed by atoms with Crippen molar-refractivity contribution in [3.8, 4) is 0 Å². The average Bonchev–Trinajstić information content (AvgIpc) is 3.32. The van der Waals surface area contributed by atoms with Crippen LogP contribution in [0.3, 0.4) is 0 Å². The molecule has 0 aliphatic heterocycles. The van der Waals surface area contributed by atoms with E-state index in [1.54, 1.807) is 26.0 Å². The van der Waals surface area contributed by atoms with Gasteiger partial charge >= 0.3 is 5.97 Å². The van der Waals surface area contributed by atoms with Crippen molar-refractivity contribution in [2.75, 3.05) is 6.61 Å². The summed E-state index contributed by atoms with van der Waals surface area (Å²) in [4.78, 5) is 26.2. The molecule has 4 aliphatic carbocycles. The number of fused-ring (bicyclic) bond motifs is 5. The first kappa shape index (κ1) is 32.4. The van der Waals surface area contributed by atoms with Crippen molar-refractivity contribution in [1.29, 1.82) is 0 Å². The molecule has 0 saturated heterocycles. The van der Waals surface area contributed by atoms with Gasteiger partial charge in [-0.2, -0.15) is 0 Å². The Hall–Kier alpha value is -1.54. The van der Waals surface area contributed by atoms with Crippen LogP contribution in [0.1, 0.15) is 118 Å². The number of carbonyl (C=O) groups is 2. The third-order valence-corrected chi connectivity index (χ3v) is 11.2. The second-order valence-electron chi connectivity index (χ2n) is 14.2. The molecule has 7 heteroatoms. The molecule has 4 rings (SSSR count). The molecule has 0 aromatic heterocycles. The Bertz CT molecular complexity index is 1050. The van der Waals surface area contributed by atoms with Gasteiger partial charge in [0.05, 0.1) is 12.2 Å². The molecular weight excluding hydrogens is 520 g/mol. The molecule has 2 saturated carbocycles. The summed E-state index contributed by atoms with van der Waals surface area (Å²) >= 11 is 0. The van der Waals surface area contributed by atoms with Crippen LogP contribution in [-0.4, -0.2) is 61.7 Å². The first-order valence-electron chi connectivity index (χ1n) is 16.2. The number of ether oxygens (including phenoxy) is 1. The first-order valence-corrected chi connectivity index (χ1v) is 16.2. The fourth-order valence-corrected chi connectivity index (χ4v) is 8.74. The molecule has 232 valence electrons. The van der Waals surface area contributed by atoms with E-state index < -0.39 is 57.8 Å². The maximum Gasteiger partial charge on any atom is 0.306 e. The van der Waals surface area contributed by atoms with Crippen molar-refractivity contribution in [3.05, 3.63) is 23.3 Å². The van der Waals surface area contributed by atoms with Crippen molar-refractivity contribution in [3.63, 3.8) is 0 Å². The van der Waals surface area contributed by atoms with Crippen LogP contribution in [0.4, 0.5) is 0 Å². The van der Waals surface area contributed by atoms with Crippen LogP contribution >= 0.6 is 0 Å². The molecule has 0 unspecified atom stereocenters. The van der Waals surface area contributed by atoms with Crippen molar-refractivity contribution < 1.29 is 34.8 Å². The summed E-state index contributed by atoms with van der Waals surface area (Å²) in [6.07, 6.45) is 15.6. The largest absolute Gasteiger partial charge is 0.459 e. The zero-order valence-corrected chi connectivity index (χ0v) is 26.0. The zero-order chi connectivity index (χ0) is 30.2. The lowest BCUT2D eigenvalue weighted by atomic mass is 9.59. The van der Waals surface area contributed by atoms with Gasteiger partial charge in [-0.3, -0.25) is 9.59 Å². The van der Waals surface area contributed by atoms with Gasteiger partial charge in [-0.15, -0.1) is 0 Å². The Balaban J connectivity index is 1.42. The molecule has 0 bridgehead atoms. The molecule has 2 fully saturated rings. The zero-order valence-electron chi connectivity index (χ0n) is 26.0. The molecule has 0 spiro atoms. The van der Waals surface area contributed by atoms with Crippen molar-refractivity contribution in [1.82, 2.24) is 0 Å². The van der Waals surface area contributed by atoms with Crippen LogP contribution in [-0.2, 0) is 14.3 Å². The fourth-order valence-electron chi connectivity index (χ4n) is 8.74. The number of esters is 1. The average molecular weight is 575 g/mol. The minimum absolute atomic E-state index is 0.0821. The maximum atomic E-state index is 13.2. The Labute approximate surface area is 246 Å². The summed E-state index contributed by atoms with van der Waals surface area (Å²) in [5.41, 5.74) is -4.76. The standard InChI is InChI=1S/C34H54O7/c1-6-7-8-9-10-11-12-13-14-15-16-17-27(36)41-30-23(3)33(39)25(28-31(4,5)34(28,30)40)19-24(21-35)20-32(38)26(33)18-22(2)29(32)37/h18-19,23,25-26,28,30,35,38-40H,6-17,20-21H2,1-5H3/t23-,25+,26-,28-,30-,32+,33-,34-/m1/s1. The third kappa shape index (κ3) is 5.38. The molecule has 0 radical (unpaired) electrons. The summed E-state index contributed by atoms with van der Waals surface area (Å²) in [5.74, 6) is -3.66. The summed E-state index contributed by atoms with van der Waals surface area (Å²) < 4.78 is 6.03. The van der Waals surface area contributed by atoms with E-state index in [1.165, 1.54) is 51.4 Å². The molecule has 41 heavy (non-hydrogen) atoms. The lowest BCUT2D eigenvalue weighted by Gasteiger charge is -2.52. The lowest BCUT2D eigenvalue weighted by Crippen LogP contribution is -2.65. The van der Waals surface area contributed by atoms with Gasteiger partial charge in [0, 0.05) is 41.9 Å². The van der Waals surface area contributed by atoms with E-state index in [4.69, 9.17) is 4.74 Å². The first-order chi connectivity index (χ1) is 19.3. The van der Waals surface area contributed by atoms with Crippen LogP contribution in [0.5, 0.6) is 0 Å². The van der Waals surface area contributed by atoms with Crippen molar-refractivity contribution in [2.45, 2.75) is 141 Å².